The molecule has 0 unspecified atom stereocenters. The maximum absolute atomic E-state index is 12.9. The predicted octanol–water partition coefficient (Wildman–Crippen LogP) is 4.18. The van der Waals surface area contributed by atoms with Crippen LogP contribution in [-0.2, 0) is 0 Å². The van der Waals surface area contributed by atoms with Crippen molar-refractivity contribution in [2.24, 2.45) is 0 Å². The van der Waals surface area contributed by atoms with Crippen molar-refractivity contribution in [2.75, 3.05) is 40.1 Å². The quantitative estimate of drug-likeness (QED) is 0.481. The van der Waals surface area contributed by atoms with Crippen molar-refractivity contribution in [3.05, 3.63) is 53.6 Å². The molecule has 0 amide bonds. The van der Waals surface area contributed by atoms with Crippen LogP contribution in [0.3, 0.4) is 0 Å². The van der Waals surface area contributed by atoms with Crippen LogP contribution in [-0.4, -0.2) is 50.8 Å². The predicted molar refractivity (Wildman–Crippen MR) is 115 cm³/mol. The van der Waals surface area contributed by atoms with Crippen LogP contribution in [0.25, 0.3) is 6.08 Å². The first-order valence-electron chi connectivity index (χ1n) is 10.4. The van der Waals surface area contributed by atoms with Gasteiger partial charge in [0.15, 0.2) is 17.3 Å². The molecule has 6 heteroatoms. The Labute approximate surface area is 177 Å². The van der Waals surface area contributed by atoms with Gasteiger partial charge < -0.3 is 18.9 Å². The van der Waals surface area contributed by atoms with E-state index in [0.717, 1.165) is 30.9 Å². The van der Waals surface area contributed by atoms with E-state index < -0.39 is 0 Å². The number of methoxy groups -OCH3 is 1. The highest BCUT2D eigenvalue weighted by molar-refractivity contribution is 6.09. The van der Waals surface area contributed by atoms with Crippen LogP contribution < -0.4 is 18.9 Å². The lowest BCUT2D eigenvalue weighted by Crippen LogP contribution is -2.33. The molecule has 158 valence electrons. The number of hydrogen-bond donors (Lipinski definition) is 0. The normalized spacial score (nSPS) is 16.0. The molecule has 2 aromatic rings. The summed E-state index contributed by atoms with van der Waals surface area (Å²) in [5, 5.41) is 0. The summed E-state index contributed by atoms with van der Waals surface area (Å²) in [6.07, 6.45) is 7.12. The molecule has 1 fully saturated rings. The average Bonchev–Trinajstić information content (AvgIpc) is 3.25. The molecule has 30 heavy (non-hydrogen) atoms. The molecule has 0 atom stereocenters. The smallest absolute Gasteiger partial charge is 0.231 e. The van der Waals surface area contributed by atoms with Crippen LogP contribution in [0.4, 0.5) is 0 Å². The number of likely N-dealkylation sites (tertiary alicyclic amines) is 1. The number of carbonyl (C=O) groups excluding carboxylic acids is 1. The minimum atomic E-state index is -0.142. The van der Waals surface area contributed by atoms with Crippen molar-refractivity contribution in [1.82, 2.24) is 4.90 Å². The fraction of sp³-hybridized carbons (Fsp3) is 0.375. The highest BCUT2D eigenvalue weighted by Gasteiger charge is 2.21. The van der Waals surface area contributed by atoms with Gasteiger partial charge in [-0.05, 0) is 55.8 Å². The van der Waals surface area contributed by atoms with Gasteiger partial charge in [-0.1, -0.05) is 24.6 Å². The lowest BCUT2D eigenvalue weighted by Gasteiger charge is -2.26. The number of ether oxygens (including phenoxy) is 4. The molecule has 1 saturated heterocycles. The summed E-state index contributed by atoms with van der Waals surface area (Å²) in [6.45, 7) is 3.76. The first-order valence-corrected chi connectivity index (χ1v) is 10.4. The van der Waals surface area contributed by atoms with Gasteiger partial charge in [0, 0.05) is 12.6 Å². The molecule has 0 aliphatic carbocycles. The van der Waals surface area contributed by atoms with Crippen molar-refractivity contribution < 1.29 is 23.7 Å². The van der Waals surface area contributed by atoms with Gasteiger partial charge in [-0.2, -0.15) is 0 Å². The van der Waals surface area contributed by atoms with E-state index in [9.17, 15) is 4.79 Å². The van der Waals surface area contributed by atoms with Crippen molar-refractivity contribution in [3.63, 3.8) is 0 Å². The molecule has 0 bridgehead atoms. The van der Waals surface area contributed by atoms with Crippen LogP contribution in [0.1, 0.15) is 35.2 Å². The Kier molecular flexibility index (Phi) is 6.54. The minimum absolute atomic E-state index is 0.142. The lowest BCUT2D eigenvalue weighted by molar-refractivity contribution is 0.104. The highest BCUT2D eigenvalue weighted by Crippen LogP contribution is 2.38. The average molecular weight is 409 g/mol. The van der Waals surface area contributed by atoms with E-state index in [-0.39, 0.29) is 12.6 Å². The standard InChI is InChI=1S/C24H27NO5/c1-27-19-8-5-18(6-9-19)7-10-21(26)20-15-23-24(30-17-29-23)16-22(20)28-14-13-25-11-3-2-4-12-25/h5-10,15-16H,2-4,11-14,17H2,1H3. The van der Waals surface area contributed by atoms with E-state index in [1.54, 1.807) is 31.4 Å². The van der Waals surface area contributed by atoms with E-state index in [0.29, 0.717) is 29.4 Å². The van der Waals surface area contributed by atoms with E-state index in [4.69, 9.17) is 18.9 Å². The van der Waals surface area contributed by atoms with Crippen LogP contribution in [0.5, 0.6) is 23.0 Å². The summed E-state index contributed by atoms with van der Waals surface area (Å²) in [4.78, 5) is 15.3. The van der Waals surface area contributed by atoms with E-state index in [2.05, 4.69) is 4.90 Å². The number of carbonyl (C=O) groups is 1. The van der Waals surface area contributed by atoms with Crippen molar-refractivity contribution in [3.8, 4) is 23.0 Å². The second kappa shape index (κ2) is 9.67. The fourth-order valence-electron chi connectivity index (χ4n) is 3.68. The largest absolute Gasteiger partial charge is 0.497 e. The number of fused-ring (bicyclic) bond motifs is 1. The third-order valence-corrected chi connectivity index (χ3v) is 5.40. The van der Waals surface area contributed by atoms with Gasteiger partial charge in [0.25, 0.3) is 0 Å². The third-order valence-electron chi connectivity index (χ3n) is 5.40. The number of rotatable bonds is 8. The Morgan fingerprint density at radius 1 is 1.07 bits per heavy atom. The van der Waals surface area contributed by atoms with Crippen molar-refractivity contribution in [1.29, 1.82) is 0 Å². The Morgan fingerprint density at radius 3 is 2.53 bits per heavy atom. The van der Waals surface area contributed by atoms with Gasteiger partial charge in [0.1, 0.15) is 18.1 Å². The Balaban J connectivity index is 1.47. The van der Waals surface area contributed by atoms with E-state index in [1.165, 1.54) is 19.3 Å². The molecule has 2 heterocycles. The molecule has 4 rings (SSSR count). The number of nitrogens with zero attached hydrogens (tertiary/aromatic N) is 1. The van der Waals surface area contributed by atoms with Gasteiger partial charge in [-0.25, -0.2) is 0 Å². The van der Waals surface area contributed by atoms with Crippen molar-refractivity contribution >= 4 is 11.9 Å². The zero-order valence-electron chi connectivity index (χ0n) is 17.3. The molecule has 2 aliphatic heterocycles. The number of hydrogen-bond acceptors (Lipinski definition) is 6. The molecule has 0 spiro atoms. The molecule has 6 nitrogen and oxygen atoms in total. The summed E-state index contributed by atoms with van der Waals surface area (Å²) in [5.74, 6) is 2.34. The van der Waals surface area contributed by atoms with Gasteiger partial charge in [0.2, 0.25) is 6.79 Å². The Bertz CT molecular complexity index is 901. The summed E-state index contributed by atoms with van der Waals surface area (Å²) in [7, 11) is 1.63. The summed E-state index contributed by atoms with van der Waals surface area (Å²) in [5.41, 5.74) is 1.39. The van der Waals surface area contributed by atoms with Gasteiger partial charge in [0.05, 0.1) is 12.7 Å². The highest BCUT2D eigenvalue weighted by atomic mass is 16.7. The SMILES string of the molecule is COc1ccc(C=CC(=O)c2cc3c(cc2OCCN2CCCCC2)OCO3)cc1. The fourth-order valence-corrected chi connectivity index (χ4v) is 3.68. The van der Waals surface area contributed by atoms with Gasteiger partial charge in [-0.3, -0.25) is 9.69 Å². The molecule has 2 aliphatic rings. The Morgan fingerprint density at radius 2 is 1.80 bits per heavy atom. The lowest BCUT2D eigenvalue weighted by atomic mass is 10.1. The monoisotopic (exact) mass is 409 g/mol. The van der Waals surface area contributed by atoms with Crippen molar-refractivity contribution in [2.45, 2.75) is 19.3 Å². The maximum Gasteiger partial charge on any atom is 0.231 e. The Hall–Kier alpha value is -2.99. The van der Waals surface area contributed by atoms with Gasteiger partial charge in [-0.15, -0.1) is 0 Å². The maximum atomic E-state index is 12.9. The van der Waals surface area contributed by atoms with Gasteiger partial charge >= 0.3 is 0 Å². The van der Waals surface area contributed by atoms with Crippen LogP contribution in [0, 0.1) is 0 Å². The first-order chi connectivity index (χ1) is 14.7. The topological polar surface area (TPSA) is 57.2 Å². The molecular formula is C24H27NO5. The zero-order valence-corrected chi connectivity index (χ0v) is 17.3. The summed E-state index contributed by atoms with van der Waals surface area (Å²) in [6, 6.07) is 11.0. The molecule has 0 N–H and O–H groups in total. The molecular weight excluding hydrogens is 382 g/mol. The third kappa shape index (κ3) is 4.94. The molecule has 2 aromatic carbocycles. The number of benzene rings is 2. The molecule has 0 radical (unpaired) electrons. The number of allylic oxidation sites excluding steroid dienone is 1. The summed E-state index contributed by atoms with van der Waals surface area (Å²) < 4.78 is 22.1. The number of ketones is 1. The zero-order chi connectivity index (χ0) is 20.8. The van der Waals surface area contributed by atoms with E-state index in [1.807, 2.05) is 24.3 Å². The second-order valence-electron chi connectivity index (χ2n) is 7.42. The molecule has 0 aromatic heterocycles. The van der Waals surface area contributed by atoms with Crippen LogP contribution in [0.15, 0.2) is 42.5 Å². The molecule has 0 saturated carbocycles. The number of piperidine rings is 1. The van der Waals surface area contributed by atoms with Crippen LogP contribution >= 0.6 is 0 Å². The van der Waals surface area contributed by atoms with Crippen LogP contribution in [0.2, 0.25) is 0 Å². The summed E-state index contributed by atoms with van der Waals surface area (Å²) >= 11 is 0. The first kappa shape index (κ1) is 20.3. The second-order valence-corrected chi connectivity index (χ2v) is 7.42. The minimum Gasteiger partial charge on any atom is -0.497 e. The van der Waals surface area contributed by atoms with E-state index >= 15 is 0 Å².